The monoisotopic (exact) mass is 420 g/mol. The first-order valence-electron chi connectivity index (χ1n) is 9.68. The van der Waals surface area contributed by atoms with Gasteiger partial charge in [-0.05, 0) is 32.4 Å². The SMILES string of the molecule is COc1cc(Nc2nc(-c3cncc(C)c3)nn3c(C)nc(C)c23)cc(OC)c1OC. The molecule has 0 bridgehead atoms. The van der Waals surface area contributed by atoms with Gasteiger partial charge in [0.15, 0.2) is 23.1 Å². The first kappa shape index (κ1) is 20.4. The number of nitrogens with one attached hydrogen (secondary N) is 1. The van der Waals surface area contributed by atoms with Gasteiger partial charge in [0.05, 0.1) is 27.0 Å². The van der Waals surface area contributed by atoms with Gasteiger partial charge in [0.2, 0.25) is 5.75 Å². The minimum Gasteiger partial charge on any atom is -0.493 e. The van der Waals surface area contributed by atoms with Crippen LogP contribution < -0.4 is 19.5 Å². The number of rotatable bonds is 6. The highest BCUT2D eigenvalue weighted by Crippen LogP contribution is 2.41. The molecular weight excluding hydrogens is 396 g/mol. The quantitative estimate of drug-likeness (QED) is 0.502. The predicted molar refractivity (Wildman–Crippen MR) is 118 cm³/mol. The van der Waals surface area contributed by atoms with Crippen molar-refractivity contribution in [3.05, 3.63) is 47.7 Å². The van der Waals surface area contributed by atoms with Gasteiger partial charge in [0, 0.05) is 35.8 Å². The number of methoxy groups -OCH3 is 3. The molecule has 31 heavy (non-hydrogen) atoms. The maximum Gasteiger partial charge on any atom is 0.203 e. The van der Waals surface area contributed by atoms with E-state index in [1.165, 1.54) is 0 Å². The number of aromatic nitrogens is 5. The summed E-state index contributed by atoms with van der Waals surface area (Å²) < 4.78 is 18.2. The number of hydrogen-bond acceptors (Lipinski definition) is 8. The van der Waals surface area contributed by atoms with Gasteiger partial charge in [-0.3, -0.25) is 4.98 Å². The Kier molecular flexibility index (Phi) is 5.33. The van der Waals surface area contributed by atoms with Crippen molar-refractivity contribution in [3.8, 4) is 28.6 Å². The Hall–Kier alpha value is -3.88. The number of benzene rings is 1. The molecule has 9 heteroatoms. The Labute approximate surface area is 180 Å². The number of nitrogens with zero attached hydrogens (tertiary/aromatic N) is 5. The maximum atomic E-state index is 5.48. The summed E-state index contributed by atoms with van der Waals surface area (Å²) in [6.45, 7) is 5.82. The molecule has 0 radical (unpaired) electrons. The van der Waals surface area contributed by atoms with E-state index in [0.717, 1.165) is 33.8 Å². The Morgan fingerprint density at radius 2 is 1.58 bits per heavy atom. The molecule has 160 valence electrons. The van der Waals surface area contributed by atoms with Gasteiger partial charge < -0.3 is 19.5 Å². The van der Waals surface area contributed by atoms with Crippen LogP contribution in [0.4, 0.5) is 11.5 Å². The Morgan fingerprint density at radius 3 is 2.19 bits per heavy atom. The van der Waals surface area contributed by atoms with Gasteiger partial charge in [-0.2, -0.15) is 0 Å². The predicted octanol–water partition coefficient (Wildman–Crippen LogP) is 3.88. The summed E-state index contributed by atoms with van der Waals surface area (Å²) in [6.07, 6.45) is 3.54. The molecule has 0 atom stereocenters. The van der Waals surface area contributed by atoms with Crippen molar-refractivity contribution < 1.29 is 14.2 Å². The third-order valence-corrected chi connectivity index (χ3v) is 4.89. The first-order valence-corrected chi connectivity index (χ1v) is 9.68. The molecule has 4 aromatic rings. The van der Waals surface area contributed by atoms with E-state index in [1.54, 1.807) is 38.2 Å². The van der Waals surface area contributed by atoms with E-state index in [9.17, 15) is 0 Å². The molecule has 4 rings (SSSR count). The van der Waals surface area contributed by atoms with Gasteiger partial charge in [-0.1, -0.05) is 0 Å². The number of pyridine rings is 1. The lowest BCUT2D eigenvalue weighted by atomic mass is 10.2. The van der Waals surface area contributed by atoms with Crippen LogP contribution in [0, 0.1) is 20.8 Å². The van der Waals surface area contributed by atoms with Gasteiger partial charge in [0.25, 0.3) is 0 Å². The summed E-state index contributed by atoms with van der Waals surface area (Å²) in [5, 5.41) is 8.08. The van der Waals surface area contributed by atoms with Crippen LogP contribution >= 0.6 is 0 Å². The van der Waals surface area contributed by atoms with Crippen LogP contribution in [0.2, 0.25) is 0 Å². The topological polar surface area (TPSA) is 95.7 Å². The first-order chi connectivity index (χ1) is 14.9. The second-order valence-corrected chi connectivity index (χ2v) is 7.08. The molecule has 0 saturated heterocycles. The van der Waals surface area contributed by atoms with Crippen LogP contribution in [-0.2, 0) is 0 Å². The van der Waals surface area contributed by atoms with Gasteiger partial charge in [0.1, 0.15) is 11.3 Å². The fraction of sp³-hybridized carbons (Fsp3) is 0.273. The summed E-state index contributed by atoms with van der Waals surface area (Å²) in [7, 11) is 4.73. The lowest BCUT2D eigenvalue weighted by molar-refractivity contribution is 0.324. The minimum atomic E-state index is 0.520. The van der Waals surface area contributed by atoms with E-state index >= 15 is 0 Å². The van der Waals surface area contributed by atoms with Crippen molar-refractivity contribution in [1.29, 1.82) is 0 Å². The smallest absolute Gasteiger partial charge is 0.203 e. The fourth-order valence-corrected chi connectivity index (χ4v) is 3.50. The third kappa shape index (κ3) is 3.70. The van der Waals surface area contributed by atoms with Crippen LogP contribution in [0.3, 0.4) is 0 Å². The van der Waals surface area contributed by atoms with E-state index in [-0.39, 0.29) is 0 Å². The molecular formula is C22H24N6O3. The lowest BCUT2D eigenvalue weighted by Gasteiger charge is -2.16. The highest BCUT2D eigenvalue weighted by Gasteiger charge is 2.18. The molecule has 0 saturated carbocycles. The molecule has 1 N–H and O–H groups in total. The van der Waals surface area contributed by atoms with Gasteiger partial charge in [-0.15, -0.1) is 5.10 Å². The average Bonchev–Trinajstić information content (AvgIpc) is 3.06. The molecule has 0 spiro atoms. The van der Waals surface area contributed by atoms with Crippen molar-refractivity contribution in [2.24, 2.45) is 0 Å². The molecule has 9 nitrogen and oxygen atoms in total. The summed E-state index contributed by atoms with van der Waals surface area (Å²) >= 11 is 0. The molecule has 0 aliphatic heterocycles. The normalized spacial score (nSPS) is 10.9. The number of aryl methyl sites for hydroxylation is 3. The zero-order valence-electron chi connectivity index (χ0n) is 18.3. The second kappa shape index (κ2) is 8.10. The van der Waals surface area contributed by atoms with Crippen molar-refractivity contribution in [2.45, 2.75) is 20.8 Å². The molecule has 0 aliphatic carbocycles. The van der Waals surface area contributed by atoms with E-state index in [2.05, 4.69) is 15.3 Å². The van der Waals surface area contributed by atoms with Crippen LogP contribution in [0.25, 0.3) is 16.9 Å². The number of ether oxygens (including phenoxy) is 3. The zero-order chi connectivity index (χ0) is 22.1. The number of fused-ring (bicyclic) bond motifs is 1. The third-order valence-electron chi connectivity index (χ3n) is 4.89. The molecule has 1 aromatic carbocycles. The standard InChI is InChI=1S/C22H24N6O3/c1-12-7-15(11-23-10-12)21-26-22(19-13(2)24-14(3)28(19)27-21)25-16-8-17(29-4)20(31-6)18(9-16)30-5/h7-11H,1-6H3,(H,25,26,27). The second-order valence-electron chi connectivity index (χ2n) is 7.08. The number of anilines is 2. The minimum absolute atomic E-state index is 0.520. The average molecular weight is 420 g/mol. The zero-order valence-corrected chi connectivity index (χ0v) is 18.3. The summed E-state index contributed by atoms with van der Waals surface area (Å²) in [5.74, 6) is 3.52. The highest BCUT2D eigenvalue weighted by molar-refractivity contribution is 5.78. The summed E-state index contributed by atoms with van der Waals surface area (Å²) in [6, 6.07) is 5.65. The van der Waals surface area contributed by atoms with Crippen molar-refractivity contribution in [3.63, 3.8) is 0 Å². The van der Waals surface area contributed by atoms with Gasteiger partial charge in [-0.25, -0.2) is 14.5 Å². The Bertz CT molecular complexity index is 1240. The highest BCUT2D eigenvalue weighted by atomic mass is 16.5. The lowest BCUT2D eigenvalue weighted by Crippen LogP contribution is -2.06. The molecule has 3 heterocycles. The van der Waals surface area contributed by atoms with Gasteiger partial charge >= 0.3 is 0 Å². The van der Waals surface area contributed by atoms with Crippen LogP contribution in [-0.4, -0.2) is 45.9 Å². The van der Waals surface area contributed by atoms with E-state index in [1.807, 2.05) is 39.0 Å². The summed E-state index contributed by atoms with van der Waals surface area (Å²) in [5.41, 5.74) is 4.18. The molecule has 0 fully saturated rings. The Balaban J connectivity index is 1.89. The van der Waals surface area contributed by atoms with Crippen LogP contribution in [0.5, 0.6) is 17.2 Å². The number of hydrogen-bond donors (Lipinski definition) is 1. The molecule has 3 aromatic heterocycles. The molecule has 0 unspecified atom stereocenters. The molecule has 0 aliphatic rings. The Morgan fingerprint density at radius 1 is 0.871 bits per heavy atom. The molecule has 0 amide bonds. The van der Waals surface area contributed by atoms with Crippen molar-refractivity contribution >= 4 is 17.0 Å². The van der Waals surface area contributed by atoms with E-state index in [4.69, 9.17) is 24.3 Å². The van der Waals surface area contributed by atoms with E-state index < -0.39 is 0 Å². The fourth-order valence-electron chi connectivity index (χ4n) is 3.50. The summed E-state index contributed by atoms with van der Waals surface area (Å²) in [4.78, 5) is 13.6. The number of imidazole rings is 1. The van der Waals surface area contributed by atoms with E-state index in [0.29, 0.717) is 28.9 Å². The van der Waals surface area contributed by atoms with Crippen LogP contribution in [0.15, 0.2) is 30.6 Å². The van der Waals surface area contributed by atoms with Crippen molar-refractivity contribution in [1.82, 2.24) is 24.6 Å². The maximum absolute atomic E-state index is 5.48. The van der Waals surface area contributed by atoms with Crippen molar-refractivity contribution in [2.75, 3.05) is 26.6 Å². The largest absolute Gasteiger partial charge is 0.493 e. The van der Waals surface area contributed by atoms with Crippen LogP contribution in [0.1, 0.15) is 17.1 Å².